The minimum atomic E-state index is -4.02. The Morgan fingerprint density at radius 1 is 1.17 bits per heavy atom. The van der Waals surface area contributed by atoms with Crippen LogP contribution in [0.4, 0.5) is 5.69 Å². The topological polar surface area (TPSA) is 101 Å². The van der Waals surface area contributed by atoms with E-state index in [2.05, 4.69) is 0 Å². The summed E-state index contributed by atoms with van der Waals surface area (Å²) in [5.74, 6) is -1.53. The van der Waals surface area contributed by atoms with Gasteiger partial charge in [-0.1, -0.05) is 37.3 Å². The Kier molecular flexibility index (Phi) is 5.70. The smallest absolute Gasteiger partial charge is 0.246 e. The number of carbonyl (C=O) groups excluding carboxylic acids is 1. The summed E-state index contributed by atoms with van der Waals surface area (Å²) in [5.41, 5.74) is 0.770. The molecule has 0 bridgehead atoms. The highest BCUT2D eigenvalue weighted by atomic mass is 32.2. The summed E-state index contributed by atoms with van der Waals surface area (Å²) in [6.07, 6.45) is 0. The van der Waals surface area contributed by atoms with Gasteiger partial charge in [0, 0.05) is 13.6 Å². The Hall–Kier alpha value is -2.43. The van der Waals surface area contributed by atoms with Crippen LogP contribution in [0.1, 0.15) is 12.5 Å². The molecule has 0 N–H and O–H groups in total. The molecule has 0 aromatic heterocycles. The molecule has 1 fully saturated rings. The normalized spacial score (nSPS) is 19.0. The summed E-state index contributed by atoms with van der Waals surface area (Å²) < 4.78 is 58.2. The lowest BCUT2D eigenvalue weighted by Gasteiger charge is -2.21. The number of carbonyl (C=O) groups is 1. The van der Waals surface area contributed by atoms with Crippen molar-refractivity contribution in [3.63, 3.8) is 0 Å². The highest BCUT2D eigenvalue weighted by molar-refractivity contribution is 7.94. The monoisotopic (exact) mass is 438 g/mol. The van der Waals surface area contributed by atoms with Gasteiger partial charge in [0.25, 0.3) is 0 Å². The maximum atomic E-state index is 13.2. The van der Waals surface area contributed by atoms with E-state index in [1.165, 1.54) is 39.3 Å². The highest BCUT2D eigenvalue weighted by Crippen LogP contribution is 2.35. The van der Waals surface area contributed by atoms with Gasteiger partial charge in [0.05, 0.1) is 24.5 Å². The molecule has 2 aromatic rings. The van der Waals surface area contributed by atoms with Crippen LogP contribution in [0.25, 0.3) is 0 Å². The third-order valence-electron chi connectivity index (χ3n) is 4.68. The van der Waals surface area contributed by atoms with Gasteiger partial charge in [-0.2, -0.15) is 4.31 Å². The Balaban J connectivity index is 2.04. The van der Waals surface area contributed by atoms with Gasteiger partial charge in [0.1, 0.15) is 10.6 Å². The average Bonchev–Trinajstić information content (AvgIpc) is 2.88. The van der Waals surface area contributed by atoms with Crippen LogP contribution in [0, 0.1) is 5.92 Å². The number of sulfonamides is 2. The van der Waals surface area contributed by atoms with Gasteiger partial charge in [0.15, 0.2) is 0 Å². The number of anilines is 1. The third-order valence-corrected chi connectivity index (χ3v) is 8.37. The first-order valence-electron chi connectivity index (χ1n) is 8.83. The fourth-order valence-electron chi connectivity index (χ4n) is 3.17. The van der Waals surface area contributed by atoms with E-state index in [0.29, 0.717) is 4.31 Å². The molecule has 1 atom stereocenters. The van der Waals surface area contributed by atoms with Crippen LogP contribution < -0.4 is 9.04 Å². The summed E-state index contributed by atoms with van der Waals surface area (Å²) in [6.45, 7) is 1.64. The molecule has 8 nitrogen and oxygen atoms in total. The Labute approximate surface area is 170 Å². The summed E-state index contributed by atoms with van der Waals surface area (Å²) in [5, 5.41) is 0. The number of hydrogen-bond donors (Lipinski definition) is 0. The highest BCUT2D eigenvalue weighted by Gasteiger charge is 2.42. The first kappa shape index (κ1) is 21.3. The second-order valence-corrected chi connectivity index (χ2v) is 10.7. The molecule has 0 aliphatic carbocycles. The predicted octanol–water partition coefficient (Wildman–Crippen LogP) is 1.83. The standard InChI is InChI=1S/C19H22N2O6S2/c1-14-13-28(23,24)21(19(14)22)16-9-10-17(27-3)18(11-16)29(25,26)20(2)12-15-7-5-4-6-8-15/h4-11,14H,12-13H2,1-3H3. The van der Waals surface area contributed by atoms with Crippen LogP contribution in [-0.2, 0) is 31.4 Å². The minimum absolute atomic E-state index is 0.0214. The van der Waals surface area contributed by atoms with Crippen molar-refractivity contribution in [2.75, 3.05) is 24.2 Å². The molecule has 1 saturated heterocycles. The molecule has 0 saturated carbocycles. The molecule has 10 heteroatoms. The second-order valence-electron chi connectivity index (χ2n) is 6.86. The molecule has 1 unspecified atom stereocenters. The lowest BCUT2D eigenvalue weighted by atomic mass is 10.2. The zero-order valence-corrected chi connectivity index (χ0v) is 17.9. The Morgan fingerprint density at radius 2 is 1.83 bits per heavy atom. The fourth-order valence-corrected chi connectivity index (χ4v) is 6.32. The number of hydrogen-bond acceptors (Lipinski definition) is 6. The maximum Gasteiger partial charge on any atom is 0.246 e. The minimum Gasteiger partial charge on any atom is -0.495 e. The van der Waals surface area contributed by atoms with Gasteiger partial charge < -0.3 is 4.74 Å². The van der Waals surface area contributed by atoms with Crippen molar-refractivity contribution in [3.05, 3.63) is 54.1 Å². The van der Waals surface area contributed by atoms with Crippen LogP contribution in [0.5, 0.6) is 5.75 Å². The van der Waals surface area contributed by atoms with Crippen LogP contribution in [0.2, 0.25) is 0 Å². The van der Waals surface area contributed by atoms with E-state index in [1.807, 2.05) is 18.2 Å². The van der Waals surface area contributed by atoms with Crippen LogP contribution in [0.15, 0.2) is 53.4 Å². The number of rotatable bonds is 6. The van der Waals surface area contributed by atoms with E-state index in [0.717, 1.165) is 9.87 Å². The van der Waals surface area contributed by atoms with Gasteiger partial charge in [-0.3, -0.25) is 4.79 Å². The number of benzene rings is 2. The van der Waals surface area contributed by atoms with Crippen molar-refractivity contribution >= 4 is 31.6 Å². The number of nitrogens with zero attached hydrogens (tertiary/aromatic N) is 2. The van der Waals surface area contributed by atoms with Gasteiger partial charge >= 0.3 is 0 Å². The van der Waals surface area contributed by atoms with Crippen LogP contribution >= 0.6 is 0 Å². The molecule has 1 aliphatic rings. The fraction of sp³-hybridized carbons (Fsp3) is 0.316. The summed E-state index contributed by atoms with van der Waals surface area (Å²) in [4.78, 5) is 12.2. The maximum absolute atomic E-state index is 13.2. The number of amides is 1. The summed E-state index contributed by atoms with van der Waals surface area (Å²) in [7, 11) is -5.13. The van der Waals surface area contributed by atoms with Crippen molar-refractivity contribution < 1.29 is 26.4 Å². The molecule has 0 radical (unpaired) electrons. The quantitative estimate of drug-likeness (QED) is 0.682. The zero-order chi connectivity index (χ0) is 21.4. The van der Waals surface area contributed by atoms with E-state index < -0.39 is 31.9 Å². The lowest BCUT2D eigenvalue weighted by Crippen LogP contribution is -2.31. The van der Waals surface area contributed by atoms with Crippen molar-refractivity contribution in [2.45, 2.75) is 18.4 Å². The van der Waals surface area contributed by atoms with E-state index in [9.17, 15) is 21.6 Å². The third kappa shape index (κ3) is 4.00. The van der Waals surface area contributed by atoms with Gasteiger partial charge in [-0.25, -0.2) is 21.1 Å². The SMILES string of the molecule is COc1ccc(N2C(=O)C(C)CS2(=O)=O)cc1S(=O)(=O)N(C)Cc1ccccc1. The molecule has 2 aromatic carbocycles. The average molecular weight is 439 g/mol. The van der Waals surface area contributed by atoms with Gasteiger partial charge in [0.2, 0.25) is 26.0 Å². The van der Waals surface area contributed by atoms with Crippen LogP contribution in [-0.4, -0.2) is 47.0 Å². The van der Waals surface area contributed by atoms with E-state index in [-0.39, 0.29) is 28.6 Å². The molecule has 3 rings (SSSR count). The molecular formula is C19H22N2O6S2. The van der Waals surface area contributed by atoms with E-state index in [4.69, 9.17) is 4.74 Å². The number of methoxy groups -OCH3 is 1. The molecule has 1 amide bonds. The second kappa shape index (κ2) is 7.77. The Morgan fingerprint density at radius 3 is 2.38 bits per heavy atom. The van der Waals surface area contributed by atoms with Gasteiger partial charge in [-0.05, 0) is 23.8 Å². The largest absolute Gasteiger partial charge is 0.495 e. The van der Waals surface area contributed by atoms with Crippen LogP contribution in [0.3, 0.4) is 0 Å². The molecular weight excluding hydrogens is 416 g/mol. The van der Waals surface area contributed by atoms with Crippen molar-refractivity contribution in [3.8, 4) is 5.75 Å². The lowest BCUT2D eigenvalue weighted by molar-refractivity contribution is -0.119. The van der Waals surface area contributed by atoms with Crippen molar-refractivity contribution in [1.82, 2.24) is 4.31 Å². The van der Waals surface area contributed by atoms with Crippen molar-refractivity contribution in [1.29, 1.82) is 0 Å². The van der Waals surface area contributed by atoms with E-state index in [1.54, 1.807) is 12.1 Å². The van der Waals surface area contributed by atoms with Gasteiger partial charge in [-0.15, -0.1) is 0 Å². The van der Waals surface area contributed by atoms with E-state index >= 15 is 0 Å². The first-order valence-corrected chi connectivity index (χ1v) is 11.9. The summed E-state index contributed by atoms with van der Waals surface area (Å²) >= 11 is 0. The number of ether oxygens (including phenoxy) is 1. The zero-order valence-electron chi connectivity index (χ0n) is 16.3. The molecule has 29 heavy (non-hydrogen) atoms. The first-order chi connectivity index (χ1) is 13.6. The molecule has 0 spiro atoms. The predicted molar refractivity (Wildman–Crippen MR) is 109 cm³/mol. The Bertz CT molecular complexity index is 1130. The summed E-state index contributed by atoms with van der Waals surface area (Å²) in [6, 6.07) is 12.9. The van der Waals surface area contributed by atoms with Crippen molar-refractivity contribution in [2.24, 2.45) is 5.92 Å². The molecule has 1 aliphatic heterocycles. The molecule has 1 heterocycles. The molecule has 156 valence electrons.